The van der Waals surface area contributed by atoms with E-state index in [4.69, 9.17) is 0 Å². The zero-order chi connectivity index (χ0) is 17.4. The first-order chi connectivity index (χ1) is 11.3. The summed E-state index contributed by atoms with van der Waals surface area (Å²) in [6, 6.07) is 5.43. The zero-order valence-electron chi connectivity index (χ0n) is 13.0. The number of amides is 2. The van der Waals surface area contributed by atoms with Crippen LogP contribution in [0, 0.1) is 5.82 Å². The van der Waals surface area contributed by atoms with Crippen molar-refractivity contribution in [3.8, 4) is 0 Å². The van der Waals surface area contributed by atoms with E-state index in [0.717, 1.165) is 5.56 Å². The molecule has 0 radical (unpaired) electrons. The Morgan fingerprint density at radius 2 is 1.88 bits per heavy atom. The maximum atomic E-state index is 13.0. The normalized spacial score (nSPS) is 23.5. The van der Waals surface area contributed by atoms with E-state index in [1.54, 1.807) is 12.1 Å². The van der Waals surface area contributed by atoms with Gasteiger partial charge in [-0.15, -0.1) is 0 Å². The van der Waals surface area contributed by atoms with Crippen molar-refractivity contribution in [1.29, 1.82) is 0 Å². The molecular weight excluding hydrogens is 335 g/mol. The summed E-state index contributed by atoms with van der Waals surface area (Å²) in [5.41, 5.74) is 0.0636. The lowest BCUT2D eigenvalue weighted by Gasteiger charge is -2.16. The molecule has 1 saturated carbocycles. The van der Waals surface area contributed by atoms with Crippen LogP contribution >= 0.6 is 0 Å². The fourth-order valence-corrected chi connectivity index (χ4v) is 4.73. The van der Waals surface area contributed by atoms with Gasteiger partial charge in [0, 0.05) is 6.04 Å². The van der Waals surface area contributed by atoms with Gasteiger partial charge in [0.2, 0.25) is 11.8 Å². The molecule has 130 valence electrons. The molecule has 1 aliphatic carbocycles. The summed E-state index contributed by atoms with van der Waals surface area (Å²) >= 11 is 0. The first-order valence-corrected chi connectivity index (χ1v) is 9.67. The second-order valence-electron chi connectivity index (χ2n) is 6.44. The quantitative estimate of drug-likeness (QED) is 0.794. The number of halogens is 1. The summed E-state index contributed by atoms with van der Waals surface area (Å²) in [4.78, 5) is 24.2. The summed E-state index contributed by atoms with van der Waals surface area (Å²) < 4.78 is 35.7. The number of sulfone groups is 1. The van der Waals surface area contributed by atoms with Gasteiger partial charge in [-0.2, -0.15) is 0 Å². The van der Waals surface area contributed by atoms with Crippen molar-refractivity contribution >= 4 is 21.7 Å². The molecule has 0 spiro atoms. The largest absolute Gasteiger partial charge is 0.351 e. The first-order valence-electron chi connectivity index (χ1n) is 7.85. The number of carbonyl (C=O) groups is 2. The predicted octanol–water partition coefficient (Wildman–Crippen LogP) is 0.277. The standard InChI is InChI=1S/C16H19FN2O4S/c17-12-3-1-11(2-4-12)16(6-7-16)15(21)18-9-14(20)19-13-5-8-24(22,23)10-13/h1-4,13H,5-10H2,(H,18,21)(H,19,20). The molecule has 24 heavy (non-hydrogen) atoms. The average molecular weight is 354 g/mol. The highest BCUT2D eigenvalue weighted by Gasteiger charge is 2.51. The zero-order valence-corrected chi connectivity index (χ0v) is 13.9. The molecule has 6 nitrogen and oxygen atoms in total. The van der Waals surface area contributed by atoms with Gasteiger partial charge in [-0.25, -0.2) is 12.8 Å². The summed E-state index contributed by atoms with van der Waals surface area (Å²) in [5.74, 6) is -0.992. The van der Waals surface area contributed by atoms with E-state index in [9.17, 15) is 22.4 Å². The molecular formula is C16H19FN2O4S. The second kappa shape index (κ2) is 6.16. The van der Waals surface area contributed by atoms with Crippen LogP contribution in [0.1, 0.15) is 24.8 Å². The minimum atomic E-state index is -3.06. The van der Waals surface area contributed by atoms with Crippen molar-refractivity contribution < 1.29 is 22.4 Å². The van der Waals surface area contributed by atoms with E-state index in [1.165, 1.54) is 12.1 Å². The van der Waals surface area contributed by atoms with Crippen LogP contribution in [0.3, 0.4) is 0 Å². The molecule has 1 unspecified atom stereocenters. The number of hydrogen-bond acceptors (Lipinski definition) is 4. The first kappa shape index (κ1) is 16.9. The van der Waals surface area contributed by atoms with E-state index in [2.05, 4.69) is 10.6 Å². The lowest BCUT2D eigenvalue weighted by atomic mass is 9.95. The van der Waals surface area contributed by atoms with E-state index < -0.39 is 21.2 Å². The molecule has 2 N–H and O–H groups in total. The smallest absolute Gasteiger partial charge is 0.239 e. The molecule has 0 aromatic heterocycles. The van der Waals surface area contributed by atoms with Crippen LogP contribution in [-0.2, 0) is 24.8 Å². The molecule has 2 aliphatic rings. The number of rotatable bonds is 5. The van der Waals surface area contributed by atoms with Crippen molar-refractivity contribution in [2.24, 2.45) is 0 Å². The molecule has 1 heterocycles. The third kappa shape index (κ3) is 3.58. The number of benzene rings is 1. The fraction of sp³-hybridized carbons (Fsp3) is 0.500. The van der Waals surface area contributed by atoms with Gasteiger partial charge in [0.25, 0.3) is 0 Å². The third-order valence-corrected chi connectivity index (χ3v) is 6.36. The summed E-state index contributed by atoms with van der Waals surface area (Å²) in [5, 5.41) is 5.23. The van der Waals surface area contributed by atoms with Gasteiger partial charge in [0.05, 0.1) is 23.5 Å². The van der Waals surface area contributed by atoms with Gasteiger partial charge in [0.15, 0.2) is 9.84 Å². The number of nitrogens with one attached hydrogen (secondary N) is 2. The molecule has 1 saturated heterocycles. The van der Waals surface area contributed by atoms with Crippen molar-refractivity contribution in [2.45, 2.75) is 30.7 Å². The lowest BCUT2D eigenvalue weighted by Crippen LogP contribution is -2.45. The molecule has 1 atom stereocenters. The van der Waals surface area contributed by atoms with Crippen LogP contribution in [0.2, 0.25) is 0 Å². The maximum Gasteiger partial charge on any atom is 0.239 e. The van der Waals surface area contributed by atoms with Gasteiger partial charge >= 0.3 is 0 Å². The Bertz CT molecular complexity index is 757. The topological polar surface area (TPSA) is 92.3 Å². The molecule has 2 fully saturated rings. The fourth-order valence-electron chi connectivity index (χ4n) is 3.06. The Labute approximate surface area is 139 Å². The lowest BCUT2D eigenvalue weighted by molar-refractivity contribution is -0.127. The van der Waals surface area contributed by atoms with Gasteiger partial charge in [-0.05, 0) is 37.0 Å². The highest BCUT2D eigenvalue weighted by Crippen LogP contribution is 2.48. The molecule has 0 bridgehead atoms. The Morgan fingerprint density at radius 3 is 2.42 bits per heavy atom. The Morgan fingerprint density at radius 1 is 1.21 bits per heavy atom. The minimum absolute atomic E-state index is 0.0494. The monoisotopic (exact) mass is 354 g/mol. The highest BCUT2D eigenvalue weighted by molar-refractivity contribution is 7.91. The van der Waals surface area contributed by atoms with Crippen molar-refractivity contribution in [2.75, 3.05) is 18.1 Å². The summed E-state index contributed by atoms with van der Waals surface area (Å²) in [7, 11) is -3.06. The molecule has 8 heteroatoms. The summed E-state index contributed by atoms with van der Waals surface area (Å²) in [6.45, 7) is -0.196. The van der Waals surface area contributed by atoms with Gasteiger partial charge in [0.1, 0.15) is 5.82 Å². The van der Waals surface area contributed by atoms with Crippen LogP contribution in [0.5, 0.6) is 0 Å². The minimum Gasteiger partial charge on any atom is -0.351 e. The van der Waals surface area contributed by atoms with Crippen molar-refractivity contribution in [3.05, 3.63) is 35.6 Å². The molecule has 3 rings (SSSR count). The SMILES string of the molecule is O=C(CNC(=O)C1(c2ccc(F)cc2)CC1)NC1CCS(=O)(=O)C1. The second-order valence-corrected chi connectivity index (χ2v) is 8.67. The van der Waals surface area contributed by atoms with Crippen LogP contribution in [0.4, 0.5) is 4.39 Å². The Kier molecular flexibility index (Phi) is 4.33. The number of carbonyl (C=O) groups excluding carboxylic acids is 2. The average Bonchev–Trinajstić information content (AvgIpc) is 3.26. The summed E-state index contributed by atoms with van der Waals surface area (Å²) in [6.07, 6.45) is 1.72. The predicted molar refractivity (Wildman–Crippen MR) is 85.5 cm³/mol. The van der Waals surface area contributed by atoms with E-state index >= 15 is 0 Å². The Hall–Kier alpha value is -1.96. The van der Waals surface area contributed by atoms with Crippen LogP contribution < -0.4 is 10.6 Å². The Balaban J connectivity index is 1.52. The van der Waals surface area contributed by atoms with Crippen LogP contribution in [-0.4, -0.2) is 44.3 Å². The van der Waals surface area contributed by atoms with Crippen LogP contribution in [0.15, 0.2) is 24.3 Å². The maximum absolute atomic E-state index is 13.0. The number of hydrogen-bond donors (Lipinski definition) is 2. The van der Waals surface area contributed by atoms with E-state index in [-0.39, 0.29) is 35.8 Å². The van der Waals surface area contributed by atoms with Crippen LogP contribution in [0.25, 0.3) is 0 Å². The molecule has 1 aromatic carbocycles. The van der Waals surface area contributed by atoms with E-state index in [1.807, 2.05) is 0 Å². The molecule has 1 aliphatic heterocycles. The van der Waals surface area contributed by atoms with Gasteiger partial charge < -0.3 is 10.6 Å². The molecule has 1 aromatic rings. The van der Waals surface area contributed by atoms with Crippen molar-refractivity contribution in [1.82, 2.24) is 10.6 Å². The van der Waals surface area contributed by atoms with Crippen molar-refractivity contribution in [3.63, 3.8) is 0 Å². The molecule has 2 amide bonds. The van der Waals surface area contributed by atoms with E-state index in [0.29, 0.717) is 19.3 Å². The van der Waals surface area contributed by atoms with Gasteiger partial charge in [-0.3, -0.25) is 9.59 Å². The third-order valence-electron chi connectivity index (χ3n) is 4.59. The van der Waals surface area contributed by atoms with Gasteiger partial charge in [-0.1, -0.05) is 12.1 Å². The highest BCUT2D eigenvalue weighted by atomic mass is 32.2.